The minimum atomic E-state index is -0.280. The Morgan fingerprint density at radius 3 is 2.22 bits per heavy atom. The Bertz CT molecular complexity index is 764. The van der Waals surface area contributed by atoms with Crippen LogP contribution in [0.1, 0.15) is 35.7 Å². The molecule has 1 unspecified atom stereocenters. The van der Waals surface area contributed by atoms with Gasteiger partial charge in [-0.1, -0.05) is 30.3 Å². The highest BCUT2D eigenvalue weighted by Crippen LogP contribution is 2.20. The second-order valence-corrected chi connectivity index (χ2v) is 7.17. The monoisotopic (exact) mass is 366 g/mol. The van der Waals surface area contributed by atoms with E-state index in [1.165, 1.54) is 0 Å². The minimum absolute atomic E-state index is 0.0329. The first-order valence-corrected chi connectivity index (χ1v) is 9.43. The van der Waals surface area contributed by atoms with E-state index in [2.05, 4.69) is 10.2 Å². The van der Waals surface area contributed by atoms with Crippen molar-refractivity contribution in [2.75, 3.05) is 25.0 Å². The van der Waals surface area contributed by atoms with Crippen LogP contribution in [0.3, 0.4) is 0 Å². The maximum absolute atomic E-state index is 12.4. The fourth-order valence-electron chi connectivity index (χ4n) is 3.46. The summed E-state index contributed by atoms with van der Waals surface area (Å²) < 4.78 is 0. The van der Waals surface area contributed by atoms with Gasteiger partial charge in [0, 0.05) is 16.8 Å². The van der Waals surface area contributed by atoms with E-state index in [1.807, 2.05) is 25.1 Å². The van der Waals surface area contributed by atoms with Crippen LogP contribution in [0.4, 0.5) is 5.69 Å². The van der Waals surface area contributed by atoms with Gasteiger partial charge >= 0.3 is 0 Å². The first-order chi connectivity index (χ1) is 13.0. The number of anilines is 1. The van der Waals surface area contributed by atoms with Crippen LogP contribution in [0.15, 0.2) is 54.6 Å². The Labute approximate surface area is 160 Å². The molecule has 2 aromatic carbocycles. The summed E-state index contributed by atoms with van der Waals surface area (Å²) in [6.45, 7) is 3.83. The SMILES string of the molecule is CC(O)C1CCN(CC(=O)Nc2ccc(C(=O)c3ccccc3)cc2)CC1. The Balaban J connectivity index is 1.51. The molecule has 5 nitrogen and oxygen atoms in total. The van der Waals surface area contributed by atoms with E-state index in [0.29, 0.717) is 29.3 Å². The molecular weight excluding hydrogens is 340 g/mol. The molecule has 0 aromatic heterocycles. The maximum Gasteiger partial charge on any atom is 0.238 e. The van der Waals surface area contributed by atoms with Crippen LogP contribution in [0.25, 0.3) is 0 Å². The molecule has 1 heterocycles. The van der Waals surface area contributed by atoms with Gasteiger partial charge in [-0.2, -0.15) is 0 Å². The van der Waals surface area contributed by atoms with Crippen molar-refractivity contribution in [3.8, 4) is 0 Å². The van der Waals surface area contributed by atoms with Crippen LogP contribution in [0.2, 0.25) is 0 Å². The molecule has 1 atom stereocenters. The van der Waals surface area contributed by atoms with E-state index < -0.39 is 0 Å². The van der Waals surface area contributed by atoms with Crippen LogP contribution in [-0.2, 0) is 4.79 Å². The summed E-state index contributed by atoms with van der Waals surface area (Å²) in [4.78, 5) is 26.8. The zero-order valence-electron chi connectivity index (χ0n) is 15.6. The predicted molar refractivity (Wildman–Crippen MR) is 106 cm³/mol. The molecule has 1 aliphatic rings. The number of nitrogens with one attached hydrogen (secondary N) is 1. The lowest BCUT2D eigenvalue weighted by Crippen LogP contribution is -2.41. The van der Waals surface area contributed by atoms with Crippen LogP contribution in [0.5, 0.6) is 0 Å². The second-order valence-electron chi connectivity index (χ2n) is 7.17. The van der Waals surface area contributed by atoms with Crippen LogP contribution in [0, 0.1) is 5.92 Å². The molecule has 142 valence electrons. The van der Waals surface area contributed by atoms with Gasteiger partial charge in [-0.3, -0.25) is 14.5 Å². The van der Waals surface area contributed by atoms with Crippen molar-refractivity contribution < 1.29 is 14.7 Å². The molecule has 0 aliphatic carbocycles. The first-order valence-electron chi connectivity index (χ1n) is 9.43. The predicted octanol–water partition coefficient (Wildman–Crippen LogP) is 2.95. The molecule has 3 rings (SSSR count). The van der Waals surface area contributed by atoms with Gasteiger partial charge in [0.05, 0.1) is 12.6 Å². The van der Waals surface area contributed by atoms with Gasteiger partial charge in [-0.15, -0.1) is 0 Å². The number of hydrogen-bond acceptors (Lipinski definition) is 4. The smallest absolute Gasteiger partial charge is 0.238 e. The number of nitrogens with zero attached hydrogens (tertiary/aromatic N) is 1. The average molecular weight is 366 g/mol. The highest BCUT2D eigenvalue weighted by Gasteiger charge is 2.23. The summed E-state index contributed by atoms with van der Waals surface area (Å²) >= 11 is 0. The van der Waals surface area contributed by atoms with E-state index in [4.69, 9.17) is 0 Å². The third-order valence-corrected chi connectivity index (χ3v) is 5.15. The summed E-state index contributed by atoms with van der Waals surface area (Å²) in [7, 11) is 0. The van der Waals surface area contributed by atoms with Gasteiger partial charge in [-0.25, -0.2) is 0 Å². The summed E-state index contributed by atoms with van der Waals surface area (Å²) in [5.41, 5.74) is 1.93. The number of rotatable bonds is 6. The van der Waals surface area contributed by atoms with Crippen molar-refractivity contribution in [3.63, 3.8) is 0 Å². The molecular formula is C22H26N2O3. The normalized spacial score (nSPS) is 16.7. The molecule has 1 aliphatic heterocycles. The number of carbonyl (C=O) groups is 2. The molecule has 0 bridgehead atoms. The minimum Gasteiger partial charge on any atom is -0.393 e. The molecule has 27 heavy (non-hydrogen) atoms. The fourth-order valence-corrected chi connectivity index (χ4v) is 3.46. The van der Waals surface area contributed by atoms with Crippen LogP contribution >= 0.6 is 0 Å². The molecule has 2 aromatic rings. The first kappa shape index (κ1) is 19.3. The average Bonchev–Trinajstić information content (AvgIpc) is 2.69. The Hall–Kier alpha value is -2.50. The number of carbonyl (C=O) groups excluding carboxylic acids is 2. The zero-order chi connectivity index (χ0) is 19.2. The number of likely N-dealkylation sites (tertiary alicyclic amines) is 1. The third kappa shape index (κ3) is 5.25. The van der Waals surface area contributed by atoms with E-state index in [1.54, 1.807) is 36.4 Å². The molecule has 0 saturated carbocycles. The van der Waals surface area contributed by atoms with Gasteiger partial charge in [0.1, 0.15) is 0 Å². The van der Waals surface area contributed by atoms with Gasteiger partial charge in [-0.05, 0) is 63.0 Å². The van der Waals surface area contributed by atoms with Crippen molar-refractivity contribution in [1.82, 2.24) is 4.90 Å². The standard InChI is InChI=1S/C22H26N2O3/c1-16(25)17-11-13-24(14-12-17)15-21(26)23-20-9-7-19(8-10-20)22(27)18-5-3-2-4-6-18/h2-10,16-17,25H,11-15H2,1H3,(H,23,26). The third-order valence-electron chi connectivity index (χ3n) is 5.15. The van der Waals surface area contributed by atoms with Crippen molar-refractivity contribution in [2.24, 2.45) is 5.92 Å². The zero-order valence-corrected chi connectivity index (χ0v) is 15.6. The molecule has 1 amide bonds. The summed E-state index contributed by atoms with van der Waals surface area (Å²) in [6.07, 6.45) is 1.56. The molecule has 1 saturated heterocycles. The number of benzene rings is 2. The summed E-state index contributed by atoms with van der Waals surface area (Å²) in [6, 6.07) is 16.1. The maximum atomic E-state index is 12.4. The molecule has 1 fully saturated rings. The largest absolute Gasteiger partial charge is 0.393 e. The Kier molecular flexibility index (Phi) is 6.37. The number of aliphatic hydroxyl groups is 1. The van der Waals surface area contributed by atoms with Crippen LogP contribution < -0.4 is 5.32 Å². The lowest BCUT2D eigenvalue weighted by Gasteiger charge is -2.32. The molecule has 5 heteroatoms. The lowest BCUT2D eigenvalue weighted by molar-refractivity contribution is -0.117. The second kappa shape index (κ2) is 8.93. The highest BCUT2D eigenvalue weighted by molar-refractivity contribution is 6.09. The number of amides is 1. The summed E-state index contributed by atoms with van der Waals surface area (Å²) in [5, 5.41) is 12.5. The van der Waals surface area contributed by atoms with E-state index in [0.717, 1.165) is 25.9 Å². The van der Waals surface area contributed by atoms with Crippen molar-refractivity contribution in [3.05, 3.63) is 65.7 Å². The van der Waals surface area contributed by atoms with E-state index in [9.17, 15) is 14.7 Å². The topological polar surface area (TPSA) is 69.6 Å². The Morgan fingerprint density at radius 2 is 1.63 bits per heavy atom. The molecule has 2 N–H and O–H groups in total. The Morgan fingerprint density at radius 1 is 1.04 bits per heavy atom. The van der Waals surface area contributed by atoms with Crippen molar-refractivity contribution >= 4 is 17.4 Å². The highest BCUT2D eigenvalue weighted by atomic mass is 16.3. The van der Waals surface area contributed by atoms with E-state index in [-0.39, 0.29) is 17.8 Å². The fraction of sp³-hybridized carbons (Fsp3) is 0.364. The quantitative estimate of drug-likeness (QED) is 0.771. The molecule has 0 radical (unpaired) electrons. The lowest BCUT2D eigenvalue weighted by atomic mass is 9.92. The van der Waals surface area contributed by atoms with Crippen molar-refractivity contribution in [1.29, 1.82) is 0 Å². The molecule has 0 spiro atoms. The van der Waals surface area contributed by atoms with Gasteiger partial charge in [0.25, 0.3) is 0 Å². The number of ketones is 1. The van der Waals surface area contributed by atoms with Crippen molar-refractivity contribution in [2.45, 2.75) is 25.9 Å². The number of hydrogen-bond donors (Lipinski definition) is 2. The van der Waals surface area contributed by atoms with Gasteiger partial charge in [0.15, 0.2) is 5.78 Å². The number of aliphatic hydroxyl groups excluding tert-OH is 1. The van der Waals surface area contributed by atoms with Gasteiger partial charge in [0.2, 0.25) is 5.91 Å². The van der Waals surface area contributed by atoms with E-state index >= 15 is 0 Å². The summed E-state index contributed by atoms with van der Waals surface area (Å²) in [5.74, 6) is 0.237. The number of piperidine rings is 1. The van der Waals surface area contributed by atoms with Crippen LogP contribution in [-0.4, -0.2) is 47.4 Å². The van der Waals surface area contributed by atoms with Gasteiger partial charge < -0.3 is 10.4 Å².